The third-order valence-corrected chi connectivity index (χ3v) is 3.22. The Labute approximate surface area is 97.7 Å². The Morgan fingerprint density at radius 2 is 1.75 bits per heavy atom. The van der Waals surface area contributed by atoms with Gasteiger partial charge in [0.1, 0.15) is 5.82 Å². The van der Waals surface area contributed by atoms with Crippen LogP contribution in [0, 0.1) is 0 Å². The van der Waals surface area contributed by atoms with E-state index < -0.39 is 0 Å². The summed E-state index contributed by atoms with van der Waals surface area (Å²) >= 11 is 0. The second kappa shape index (κ2) is 5.85. The topological polar surface area (TPSA) is 42.1 Å². The zero-order chi connectivity index (χ0) is 11.2. The third kappa shape index (κ3) is 2.95. The molecule has 2 N–H and O–H groups in total. The highest BCUT2D eigenvalue weighted by Gasteiger charge is 2.09. The maximum Gasteiger partial charge on any atom is 0.128 e. The van der Waals surface area contributed by atoms with E-state index in [1.54, 1.807) is 0 Å². The molecule has 0 spiro atoms. The summed E-state index contributed by atoms with van der Waals surface area (Å²) in [7, 11) is 0. The first kappa shape index (κ1) is 11.4. The summed E-state index contributed by atoms with van der Waals surface area (Å²) in [4.78, 5) is 6.89. The molecule has 0 aliphatic carbocycles. The second-order valence-corrected chi connectivity index (χ2v) is 4.48. The molecule has 3 nitrogen and oxygen atoms in total. The molecule has 3 heteroatoms. The third-order valence-electron chi connectivity index (χ3n) is 3.22. The van der Waals surface area contributed by atoms with Crippen molar-refractivity contribution < 1.29 is 0 Å². The molecular weight excluding hydrogens is 198 g/mol. The normalized spacial score (nSPS) is 17.9. The predicted octanol–water partition coefficient (Wildman–Crippen LogP) is 2.31. The number of nitrogens with two attached hydrogens (primary N) is 1. The first-order valence-electron chi connectivity index (χ1n) is 6.30. The van der Waals surface area contributed by atoms with Crippen molar-refractivity contribution in [3.8, 4) is 0 Å². The van der Waals surface area contributed by atoms with Crippen LogP contribution in [0.2, 0.25) is 0 Å². The Hall–Kier alpha value is -1.09. The highest BCUT2D eigenvalue weighted by atomic mass is 15.2. The van der Waals surface area contributed by atoms with Crippen molar-refractivity contribution in [1.29, 1.82) is 0 Å². The van der Waals surface area contributed by atoms with Crippen LogP contribution in [0.3, 0.4) is 0 Å². The predicted molar refractivity (Wildman–Crippen MR) is 67.4 cm³/mol. The van der Waals surface area contributed by atoms with Crippen molar-refractivity contribution in [2.75, 3.05) is 18.0 Å². The number of aromatic nitrogens is 1. The van der Waals surface area contributed by atoms with Gasteiger partial charge >= 0.3 is 0 Å². The zero-order valence-electron chi connectivity index (χ0n) is 9.86. The van der Waals surface area contributed by atoms with Crippen molar-refractivity contribution in [1.82, 2.24) is 4.98 Å². The molecule has 1 saturated heterocycles. The monoisotopic (exact) mass is 219 g/mol. The van der Waals surface area contributed by atoms with Crippen LogP contribution < -0.4 is 10.6 Å². The van der Waals surface area contributed by atoms with Crippen LogP contribution in [-0.4, -0.2) is 18.1 Å². The summed E-state index contributed by atoms with van der Waals surface area (Å²) in [6.07, 6.45) is 8.59. The lowest BCUT2D eigenvalue weighted by Crippen LogP contribution is -2.27. The van der Waals surface area contributed by atoms with Crippen LogP contribution in [0.25, 0.3) is 0 Å². The van der Waals surface area contributed by atoms with Gasteiger partial charge in [0.25, 0.3) is 0 Å². The molecule has 1 aromatic heterocycles. The summed E-state index contributed by atoms with van der Waals surface area (Å²) in [5, 5.41) is 0. The lowest BCUT2D eigenvalue weighted by atomic mass is 10.1. The second-order valence-electron chi connectivity index (χ2n) is 4.48. The van der Waals surface area contributed by atoms with Crippen LogP contribution in [0.4, 0.5) is 5.82 Å². The fourth-order valence-electron chi connectivity index (χ4n) is 2.20. The number of pyridine rings is 1. The Balaban J connectivity index is 2.02. The molecule has 0 amide bonds. The molecule has 0 radical (unpaired) electrons. The Bertz CT molecular complexity index is 299. The Kier molecular flexibility index (Phi) is 4.17. The van der Waals surface area contributed by atoms with Crippen LogP contribution in [-0.2, 0) is 6.54 Å². The molecule has 88 valence electrons. The molecule has 0 unspecified atom stereocenters. The quantitative estimate of drug-likeness (QED) is 0.830. The van der Waals surface area contributed by atoms with E-state index >= 15 is 0 Å². The first-order chi connectivity index (χ1) is 7.90. The molecule has 1 aliphatic rings. The standard InChI is InChI=1S/C13H21N3/c14-10-12-6-7-13(15-11-12)16-8-4-2-1-3-5-9-16/h6-7,11H,1-5,8-10,14H2. The number of nitrogens with zero attached hydrogens (tertiary/aromatic N) is 2. The van der Waals surface area contributed by atoms with Gasteiger partial charge in [0.15, 0.2) is 0 Å². The molecule has 2 rings (SSSR count). The average Bonchev–Trinajstić information content (AvgIpc) is 2.29. The number of hydrogen-bond acceptors (Lipinski definition) is 3. The number of rotatable bonds is 2. The van der Waals surface area contributed by atoms with Crippen molar-refractivity contribution >= 4 is 5.82 Å². The van der Waals surface area contributed by atoms with E-state index in [1.165, 1.54) is 32.1 Å². The smallest absolute Gasteiger partial charge is 0.128 e. The molecule has 0 bridgehead atoms. The van der Waals surface area contributed by atoms with E-state index in [4.69, 9.17) is 5.73 Å². The van der Waals surface area contributed by atoms with E-state index in [0.29, 0.717) is 6.54 Å². The van der Waals surface area contributed by atoms with Gasteiger partial charge in [0.05, 0.1) is 0 Å². The van der Waals surface area contributed by atoms with Crippen LogP contribution in [0.1, 0.15) is 37.7 Å². The maximum absolute atomic E-state index is 5.57. The summed E-state index contributed by atoms with van der Waals surface area (Å²) in [5.74, 6) is 1.11. The fourth-order valence-corrected chi connectivity index (χ4v) is 2.20. The molecule has 0 atom stereocenters. The van der Waals surface area contributed by atoms with E-state index in [-0.39, 0.29) is 0 Å². The summed E-state index contributed by atoms with van der Waals surface area (Å²) in [6, 6.07) is 4.19. The highest BCUT2D eigenvalue weighted by Crippen LogP contribution is 2.17. The van der Waals surface area contributed by atoms with Crippen LogP contribution >= 0.6 is 0 Å². The van der Waals surface area contributed by atoms with Crippen LogP contribution in [0.15, 0.2) is 18.3 Å². The average molecular weight is 219 g/mol. The van der Waals surface area contributed by atoms with Crippen molar-refractivity contribution in [3.63, 3.8) is 0 Å². The summed E-state index contributed by atoms with van der Waals surface area (Å²) < 4.78 is 0. The lowest BCUT2D eigenvalue weighted by Gasteiger charge is -2.25. The van der Waals surface area contributed by atoms with Gasteiger partial charge in [-0.1, -0.05) is 25.3 Å². The minimum Gasteiger partial charge on any atom is -0.357 e. The van der Waals surface area contributed by atoms with Gasteiger partial charge in [-0.05, 0) is 24.5 Å². The molecule has 1 aliphatic heterocycles. The number of hydrogen-bond donors (Lipinski definition) is 1. The van der Waals surface area contributed by atoms with Crippen molar-refractivity contribution in [2.24, 2.45) is 5.73 Å². The maximum atomic E-state index is 5.57. The Morgan fingerprint density at radius 3 is 2.31 bits per heavy atom. The first-order valence-corrected chi connectivity index (χ1v) is 6.30. The molecule has 16 heavy (non-hydrogen) atoms. The molecule has 1 fully saturated rings. The van der Waals surface area contributed by atoms with Gasteiger partial charge in [0.2, 0.25) is 0 Å². The minimum atomic E-state index is 0.577. The molecular formula is C13H21N3. The molecule has 1 aromatic rings. The SMILES string of the molecule is NCc1ccc(N2CCCCCCC2)nc1. The van der Waals surface area contributed by atoms with Crippen molar-refractivity contribution in [3.05, 3.63) is 23.9 Å². The van der Waals surface area contributed by atoms with Gasteiger partial charge in [0, 0.05) is 25.8 Å². The van der Waals surface area contributed by atoms with E-state index in [0.717, 1.165) is 24.5 Å². The molecule has 0 saturated carbocycles. The largest absolute Gasteiger partial charge is 0.357 e. The fraction of sp³-hybridized carbons (Fsp3) is 0.615. The van der Waals surface area contributed by atoms with Gasteiger partial charge in [-0.25, -0.2) is 4.98 Å². The Morgan fingerprint density at radius 1 is 1.06 bits per heavy atom. The van der Waals surface area contributed by atoms with Gasteiger partial charge in [-0.3, -0.25) is 0 Å². The zero-order valence-corrected chi connectivity index (χ0v) is 9.86. The highest BCUT2D eigenvalue weighted by molar-refractivity contribution is 5.39. The summed E-state index contributed by atoms with van der Waals surface area (Å²) in [5.41, 5.74) is 6.68. The van der Waals surface area contributed by atoms with Gasteiger partial charge in [-0.2, -0.15) is 0 Å². The van der Waals surface area contributed by atoms with E-state index in [1.807, 2.05) is 6.20 Å². The van der Waals surface area contributed by atoms with Gasteiger partial charge < -0.3 is 10.6 Å². The number of anilines is 1. The van der Waals surface area contributed by atoms with E-state index in [2.05, 4.69) is 22.0 Å². The lowest BCUT2D eigenvalue weighted by molar-refractivity contribution is 0.554. The summed E-state index contributed by atoms with van der Waals surface area (Å²) in [6.45, 7) is 2.87. The van der Waals surface area contributed by atoms with Gasteiger partial charge in [-0.15, -0.1) is 0 Å². The van der Waals surface area contributed by atoms with E-state index in [9.17, 15) is 0 Å². The molecule has 2 heterocycles. The van der Waals surface area contributed by atoms with Crippen molar-refractivity contribution in [2.45, 2.75) is 38.6 Å². The van der Waals surface area contributed by atoms with Crippen LogP contribution in [0.5, 0.6) is 0 Å². The minimum absolute atomic E-state index is 0.577. The molecule has 0 aromatic carbocycles.